The van der Waals surface area contributed by atoms with Crippen molar-refractivity contribution < 1.29 is 13.2 Å². The number of aryl methyl sites for hydroxylation is 1. The van der Waals surface area contributed by atoms with E-state index in [-0.39, 0.29) is 11.3 Å². The summed E-state index contributed by atoms with van der Waals surface area (Å²) in [7, 11) is -3.21. The summed E-state index contributed by atoms with van der Waals surface area (Å²) in [6.07, 6.45) is 4.52. The number of aromatic nitrogens is 2. The normalized spacial score (nSPS) is 11.7. The Kier molecular flexibility index (Phi) is 5.17. The number of fused-ring (bicyclic) bond motifs is 1. The molecular formula is C22H19ClN2O4S. The van der Waals surface area contributed by atoms with Gasteiger partial charge in [-0.1, -0.05) is 17.7 Å². The van der Waals surface area contributed by atoms with Crippen LogP contribution < -0.4 is 10.3 Å². The van der Waals surface area contributed by atoms with Crippen LogP contribution in [0.4, 0.5) is 0 Å². The van der Waals surface area contributed by atoms with E-state index in [1.54, 1.807) is 59.3 Å². The first-order valence-electron chi connectivity index (χ1n) is 9.15. The lowest BCUT2D eigenvalue weighted by molar-refractivity contribution is 0.484. The minimum absolute atomic E-state index is 0.0932. The van der Waals surface area contributed by atoms with Gasteiger partial charge in [0.05, 0.1) is 11.4 Å². The Bertz CT molecular complexity index is 1400. The van der Waals surface area contributed by atoms with Crippen LogP contribution >= 0.6 is 11.6 Å². The quantitative estimate of drug-likeness (QED) is 0.490. The number of aromatic amines is 1. The Morgan fingerprint density at radius 2 is 1.83 bits per heavy atom. The largest absolute Gasteiger partial charge is 0.457 e. The number of nitrogens with zero attached hydrogens (tertiary/aromatic N) is 1. The molecule has 154 valence electrons. The van der Waals surface area contributed by atoms with Crippen molar-refractivity contribution >= 4 is 27.0 Å². The molecule has 0 aliphatic heterocycles. The fourth-order valence-electron chi connectivity index (χ4n) is 3.45. The van der Waals surface area contributed by atoms with E-state index in [9.17, 15) is 13.2 Å². The van der Waals surface area contributed by atoms with Gasteiger partial charge in [-0.3, -0.25) is 4.79 Å². The SMILES string of the molecule is Cc1cc(-c2cc(CS(C)(=O)=O)ccc2Oc2ccc(Cl)cc2)n2cc[nH]c(=O)c12. The molecule has 4 aromatic rings. The van der Waals surface area contributed by atoms with Gasteiger partial charge in [-0.25, -0.2) is 8.42 Å². The summed E-state index contributed by atoms with van der Waals surface area (Å²) in [5.74, 6) is 1.03. The number of benzene rings is 2. The highest BCUT2D eigenvalue weighted by Gasteiger charge is 2.17. The molecule has 0 atom stereocenters. The molecule has 2 aromatic carbocycles. The maximum Gasteiger partial charge on any atom is 0.272 e. The van der Waals surface area contributed by atoms with E-state index in [1.165, 1.54) is 6.26 Å². The molecule has 0 amide bonds. The molecule has 6 nitrogen and oxygen atoms in total. The van der Waals surface area contributed by atoms with Crippen molar-refractivity contribution in [3.05, 3.63) is 87.4 Å². The Balaban J connectivity index is 1.91. The number of sulfone groups is 1. The fraction of sp³-hybridized carbons (Fsp3) is 0.136. The minimum Gasteiger partial charge on any atom is -0.457 e. The van der Waals surface area contributed by atoms with Crippen LogP contribution in [0.25, 0.3) is 16.8 Å². The highest BCUT2D eigenvalue weighted by molar-refractivity contribution is 7.89. The molecule has 2 aromatic heterocycles. The zero-order valence-electron chi connectivity index (χ0n) is 16.3. The van der Waals surface area contributed by atoms with Crippen molar-refractivity contribution in [3.63, 3.8) is 0 Å². The lowest BCUT2D eigenvalue weighted by Gasteiger charge is -2.13. The summed E-state index contributed by atoms with van der Waals surface area (Å²) < 4.78 is 31.5. The van der Waals surface area contributed by atoms with Crippen LogP contribution in [0.3, 0.4) is 0 Å². The predicted octanol–water partition coefficient (Wildman–Crippen LogP) is 4.59. The predicted molar refractivity (Wildman–Crippen MR) is 118 cm³/mol. The van der Waals surface area contributed by atoms with E-state index in [0.29, 0.717) is 33.2 Å². The molecule has 8 heteroatoms. The highest BCUT2D eigenvalue weighted by Crippen LogP contribution is 2.36. The van der Waals surface area contributed by atoms with E-state index < -0.39 is 9.84 Å². The monoisotopic (exact) mass is 442 g/mol. The van der Waals surface area contributed by atoms with Crippen molar-refractivity contribution in [2.24, 2.45) is 0 Å². The summed E-state index contributed by atoms with van der Waals surface area (Å²) in [6, 6.07) is 14.1. The number of ether oxygens (including phenoxy) is 1. The highest BCUT2D eigenvalue weighted by atomic mass is 35.5. The number of rotatable bonds is 5. The third kappa shape index (κ3) is 4.13. The molecule has 0 spiro atoms. The third-order valence-electron chi connectivity index (χ3n) is 4.67. The third-order valence-corrected chi connectivity index (χ3v) is 5.78. The van der Waals surface area contributed by atoms with Crippen molar-refractivity contribution in [3.8, 4) is 22.8 Å². The topological polar surface area (TPSA) is 80.6 Å². The van der Waals surface area contributed by atoms with E-state index in [4.69, 9.17) is 16.3 Å². The van der Waals surface area contributed by atoms with Crippen molar-refractivity contribution in [2.45, 2.75) is 12.7 Å². The van der Waals surface area contributed by atoms with E-state index in [1.807, 2.05) is 13.0 Å². The standard InChI is InChI=1S/C22H19ClN2O4S/c1-14-11-19(25-10-9-24-22(26)21(14)25)18-12-15(13-30(2,27)28)3-8-20(18)29-17-6-4-16(23)5-7-17/h3-12H,13H2,1-2H3,(H,24,26). The Hall–Kier alpha value is -3.03. The average Bonchev–Trinajstić information content (AvgIpc) is 3.01. The van der Waals surface area contributed by atoms with Crippen LogP contribution in [0, 0.1) is 6.92 Å². The van der Waals surface area contributed by atoms with Crippen molar-refractivity contribution in [1.29, 1.82) is 0 Å². The number of hydrogen-bond donors (Lipinski definition) is 1. The number of hydrogen-bond acceptors (Lipinski definition) is 4. The molecule has 1 N–H and O–H groups in total. The van der Waals surface area contributed by atoms with Gasteiger partial charge in [0, 0.05) is 29.2 Å². The molecule has 0 aliphatic carbocycles. The van der Waals surface area contributed by atoms with E-state index in [2.05, 4.69) is 4.98 Å². The molecule has 0 saturated heterocycles. The molecule has 2 heterocycles. The molecule has 0 bridgehead atoms. The summed E-state index contributed by atoms with van der Waals surface area (Å²) in [6.45, 7) is 1.86. The fourth-order valence-corrected chi connectivity index (χ4v) is 4.36. The molecule has 0 unspecified atom stereocenters. The van der Waals surface area contributed by atoms with E-state index >= 15 is 0 Å². The smallest absolute Gasteiger partial charge is 0.272 e. The second kappa shape index (κ2) is 7.66. The summed E-state index contributed by atoms with van der Waals surface area (Å²) in [5, 5.41) is 0.596. The molecule has 0 radical (unpaired) electrons. The lowest BCUT2D eigenvalue weighted by Crippen LogP contribution is -2.09. The number of nitrogens with one attached hydrogen (secondary N) is 1. The van der Waals surface area contributed by atoms with Crippen LogP contribution in [0.1, 0.15) is 11.1 Å². The van der Waals surface area contributed by atoms with Crippen LogP contribution in [0.5, 0.6) is 11.5 Å². The Morgan fingerprint density at radius 1 is 1.10 bits per heavy atom. The van der Waals surface area contributed by atoms with Crippen LogP contribution in [0.2, 0.25) is 5.02 Å². The molecular weight excluding hydrogens is 424 g/mol. The average molecular weight is 443 g/mol. The molecule has 0 saturated carbocycles. The first kappa shape index (κ1) is 20.3. The van der Waals surface area contributed by atoms with Gasteiger partial charge in [0.2, 0.25) is 0 Å². The summed E-state index contributed by atoms with van der Waals surface area (Å²) >= 11 is 5.96. The molecule has 0 aliphatic rings. The van der Waals surface area contributed by atoms with E-state index in [0.717, 1.165) is 11.3 Å². The maximum absolute atomic E-state index is 12.3. The van der Waals surface area contributed by atoms with Gasteiger partial charge >= 0.3 is 0 Å². The second-order valence-electron chi connectivity index (χ2n) is 7.18. The van der Waals surface area contributed by atoms with Gasteiger partial charge in [-0.05, 0) is 60.5 Å². The van der Waals surface area contributed by atoms with Crippen molar-refractivity contribution in [2.75, 3.05) is 6.26 Å². The van der Waals surface area contributed by atoms with Gasteiger partial charge in [-0.15, -0.1) is 0 Å². The van der Waals surface area contributed by atoms with Gasteiger partial charge < -0.3 is 14.1 Å². The Labute approximate surface area is 178 Å². The zero-order valence-corrected chi connectivity index (χ0v) is 17.9. The lowest BCUT2D eigenvalue weighted by atomic mass is 10.1. The van der Waals surface area contributed by atoms with Crippen LogP contribution in [-0.4, -0.2) is 24.1 Å². The van der Waals surface area contributed by atoms with Crippen molar-refractivity contribution in [1.82, 2.24) is 9.38 Å². The van der Waals surface area contributed by atoms with Crippen LogP contribution in [0.15, 0.2) is 65.7 Å². The number of H-pyrrole nitrogens is 1. The first-order valence-corrected chi connectivity index (χ1v) is 11.6. The van der Waals surface area contributed by atoms with Gasteiger partial charge in [-0.2, -0.15) is 0 Å². The molecule has 30 heavy (non-hydrogen) atoms. The molecule has 4 rings (SSSR count). The molecule has 0 fully saturated rings. The first-order chi connectivity index (χ1) is 14.2. The minimum atomic E-state index is -3.21. The summed E-state index contributed by atoms with van der Waals surface area (Å²) in [4.78, 5) is 15.0. The van der Waals surface area contributed by atoms with Gasteiger partial charge in [0.25, 0.3) is 5.56 Å². The van der Waals surface area contributed by atoms with Crippen LogP contribution in [-0.2, 0) is 15.6 Å². The summed E-state index contributed by atoms with van der Waals surface area (Å²) in [5.41, 5.74) is 3.17. The second-order valence-corrected chi connectivity index (χ2v) is 9.75. The van der Waals surface area contributed by atoms with Gasteiger partial charge in [0.1, 0.15) is 17.0 Å². The number of halogens is 1. The zero-order chi connectivity index (χ0) is 21.5. The van der Waals surface area contributed by atoms with Gasteiger partial charge in [0.15, 0.2) is 9.84 Å². The Morgan fingerprint density at radius 3 is 2.53 bits per heavy atom. The maximum atomic E-state index is 12.3.